The maximum absolute atomic E-state index is 14.0. The second kappa shape index (κ2) is 15.6. The van der Waals surface area contributed by atoms with Crippen LogP contribution in [0.15, 0.2) is 48.8 Å². The van der Waals surface area contributed by atoms with Gasteiger partial charge in [0.25, 0.3) is 0 Å². The number of hydrogen-bond donors (Lipinski definition) is 3. The Kier molecular flexibility index (Phi) is 12.5. The first-order valence-corrected chi connectivity index (χ1v) is 15.9. The Morgan fingerprint density at radius 2 is 1.84 bits per heavy atom. The fourth-order valence-corrected chi connectivity index (χ4v) is 5.82. The van der Waals surface area contributed by atoms with Crippen LogP contribution in [-0.2, 0) is 28.1 Å². The Labute approximate surface area is 252 Å². The highest BCUT2D eigenvalue weighted by atomic mass is 31.2. The Morgan fingerprint density at radius 1 is 1.14 bits per heavy atom. The number of nitrogens with one attached hydrogen (secondary N) is 1. The van der Waals surface area contributed by atoms with Gasteiger partial charge in [0, 0.05) is 13.5 Å². The number of fused-ring (bicyclic) bond motifs is 1. The maximum atomic E-state index is 14.0. The molecule has 0 saturated carbocycles. The smallest absolute Gasteiger partial charge is 0.459 e. The van der Waals surface area contributed by atoms with E-state index in [1.54, 1.807) is 47.0 Å². The molecule has 13 nitrogen and oxygen atoms in total. The van der Waals surface area contributed by atoms with Gasteiger partial charge in [-0.05, 0) is 51.0 Å². The van der Waals surface area contributed by atoms with Gasteiger partial charge in [-0.25, -0.2) is 14.1 Å². The van der Waals surface area contributed by atoms with Gasteiger partial charge >= 0.3 is 13.7 Å². The molecule has 3 aromatic rings. The quantitative estimate of drug-likeness (QED) is 0.102. The minimum atomic E-state index is -4.13. The number of para-hydroxylation sites is 1. The number of benzene rings is 1. The molecule has 0 amide bonds. The average Bonchev–Trinajstić information content (AvgIpc) is 3.40. The molecule has 0 radical (unpaired) electrons. The normalized spacial score (nSPS) is 15.6. The van der Waals surface area contributed by atoms with E-state index in [1.807, 2.05) is 13.8 Å². The Morgan fingerprint density at radius 3 is 2.47 bits per heavy atom. The van der Waals surface area contributed by atoms with Gasteiger partial charge < -0.3 is 29.6 Å². The van der Waals surface area contributed by atoms with E-state index in [0.29, 0.717) is 11.2 Å². The number of carbonyl (C=O) groups excluding carboxylic acids is 1. The maximum Gasteiger partial charge on any atom is 0.459 e. The van der Waals surface area contributed by atoms with E-state index in [9.17, 15) is 14.5 Å². The zero-order chi connectivity index (χ0) is 31.6. The van der Waals surface area contributed by atoms with Gasteiger partial charge in [-0.3, -0.25) is 9.32 Å². The first-order valence-electron chi connectivity index (χ1n) is 14.3. The lowest BCUT2D eigenvalue weighted by atomic mass is 10.1. The van der Waals surface area contributed by atoms with Crippen LogP contribution in [0.5, 0.6) is 5.75 Å². The lowest BCUT2D eigenvalue weighted by molar-refractivity contribution is -0.215. The van der Waals surface area contributed by atoms with E-state index in [0.717, 1.165) is 12.8 Å². The van der Waals surface area contributed by atoms with Gasteiger partial charge in [0.15, 0.2) is 11.6 Å². The highest BCUT2D eigenvalue weighted by molar-refractivity contribution is 7.52. The van der Waals surface area contributed by atoms with Crippen LogP contribution in [0.3, 0.4) is 0 Å². The molecule has 2 heterocycles. The second-order valence-corrected chi connectivity index (χ2v) is 12.4. The van der Waals surface area contributed by atoms with E-state index in [-0.39, 0.29) is 37.1 Å². The van der Waals surface area contributed by atoms with Crippen LogP contribution in [-0.4, -0.2) is 63.9 Å². The molecule has 4 N–H and O–H groups in total. The number of aliphatic hydroxyl groups is 1. The number of nitrogens with two attached hydrogens (primary N) is 1. The zero-order valence-electron chi connectivity index (χ0n) is 25.6. The number of esters is 1. The van der Waals surface area contributed by atoms with Crippen molar-refractivity contribution in [3.05, 3.63) is 54.5 Å². The van der Waals surface area contributed by atoms with E-state index >= 15 is 0 Å². The van der Waals surface area contributed by atoms with Gasteiger partial charge in [0.2, 0.25) is 0 Å². The van der Waals surface area contributed by atoms with Gasteiger partial charge in [-0.1, -0.05) is 44.9 Å². The summed E-state index contributed by atoms with van der Waals surface area (Å²) < 4.78 is 44.3. The molecule has 3 rings (SSSR count). The molecule has 43 heavy (non-hydrogen) atoms. The van der Waals surface area contributed by atoms with Crippen LogP contribution in [0, 0.1) is 5.92 Å². The minimum absolute atomic E-state index is 0.162. The summed E-state index contributed by atoms with van der Waals surface area (Å²) in [5.41, 5.74) is 7.16. The third kappa shape index (κ3) is 10.3. The fraction of sp³-hybridized carbons (Fsp3) is 0.552. The van der Waals surface area contributed by atoms with Gasteiger partial charge in [0.05, 0.1) is 25.0 Å². The van der Waals surface area contributed by atoms with Crippen LogP contribution in [0.25, 0.3) is 5.52 Å². The van der Waals surface area contributed by atoms with Gasteiger partial charge in [0.1, 0.15) is 29.7 Å². The van der Waals surface area contributed by atoms with Crippen LogP contribution in [0.4, 0.5) is 5.82 Å². The molecule has 0 spiro atoms. The van der Waals surface area contributed by atoms with Gasteiger partial charge in [-0.15, -0.1) is 0 Å². The van der Waals surface area contributed by atoms with Crippen molar-refractivity contribution >= 4 is 25.1 Å². The third-order valence-corrected chi connectivity index (χ3v) is 8.45. The highest BCUT2D eigenvalue weighted by Gasteiger charge is 2.35. The number of nitrogens with zero attached hydrogens (tertiary/aromatic N) is 3. The number of carbonyl (C=O) groups is 1. The van der Waals surface area contributed by atoms with Crippen LogP contribution < -0.4 is 15.3 Å². The molecule has 0 saturated heterocycles. The summed E-state index contributed by atoms with van der Waals surface area (Å²) >= 11 is 0. The number of hydrogen-bond acceptors (Lipinski definition) is 11. The molecular weight excluding hydrogens is 577 g/mol. The van der Waals surface area contributed by atoms with Crippen molar-refractivity contribution in [2.75, 3.05) is 26.1 Å². The van der Waals surface area contributed by atoms with E-state index in [4.69, 9.17) is 29.0 Å². The van der Waals surface area contributed by atoms with Gasteiger partial charge in [-0.2, -0.15) is 10.2 Å². The summed E-state index contributed by atoms with van der Waals surface area (Å²) in [6, 6.07) is 11.0. The number of rotatable bonds is 18. The predicted octanol–water partition coefficient (Wildman–Crippen LogP) is 4.66. The molecule has 0 aliphatic rings. The number of anilines is 1. The highest BCUT2D eigenvalue weighted by Crippen LogP contribution is 2.45. The average molecular weight is 622 g/mol. The number of methoxy groups -OCH3 is 1. The number of ether oxygens (including phenoxy) is 3. The van der Waals surface area contributed by atoms with Crippen molar-refractivity contribution in [1.29, 1.82) is 0 Å². The lowest BCUT2D eigenvalue weighted by Gasteiger charge is -2.29. The topological polar surface area (TPSA) is 169 Å². The molecule has 0 aliphatic carbocycles. The summed E-state index contributed by atoms with van der Waals surface area (Å²) in [4.78, 5) is 16.8. The monoisotopic (exact) mass is 621 g/mol. The molecule has 0 fully saturated rings. The number of aromatic nitrogens is 3. The van der Waals surface area contributed by atoms with Crippen LogP contribution in [0.2, 0.25) is 0 Å². The Balaban J connectivity index is 1.79. The standard InChI is InChI=1S/C29H44N5O8P/c1-7-21(8-2)17-39-28(35)20(3)33-43(37,42-22-12-10-9-11-13-22)40-18-23(38-6)16-26(41-29(4,5)36)24-14-15-25-27(30)31-19-32-34(24)25/h9-15,19-21,23,26,36H,7-8,16-18H2,1-6H3,(H,33,37)(H2,30,31,32)/t20-,23-,26+,43-/m0/s1. The minimum Gasteiger partial charge on any atom is -0.464 e. The van der Waals surface area contributed by atoms with E-state index in [2.05, 4.69) is 15.2 Å². The molecule has 4 atom stereocenters. The van der Waals surface area contributed by atoms with Crippen molar-refractivity contribution < 1.29 is 37.7 Å². The molecule has 0 unspecified atom stereocenters. The van der Waals surface area contributed by atoms with E-state index in [1.165, 1.54) is 34.2 Å². The van der Waals surface area contributed by atoms with Crippen LogP contribution in [0.1, 0.15) is 65.7 Å². The lowest BCUT2D eigenvalue weighted by Crippen LogP contribution is -2.36. The van der Waals surface area contributed by atoms with Crippen molar-refractivity contribution in [2.24, 2.45) is 5.92 Å². The Hall–Kier alpha value is -3.06. The zero-order valence-corrected chi connectivity index (χ0v) is 26.5. The molecule has 238 valence electrons. The summed E-state index contributed by atoms with van der Waals surface area (Å²) in [5.74, 6) is -1.28. The molecular formula is C29H44N5O8P. The summed E-state index contributed by atoms with van der Waals surface area (Å²) in [7, 11) is -2.66. The summed E-state index contributed by atoms with van der Waals surface area (Å²) in [6.07, 6.45) is 1.80. The molecule has 14 heteroatoms. The molecule has 0 aliphatic heterocycles. The Bertz CT molecular complexity index is 1350. The molecule has 0 bridgehead atoms. The number of nitrogen functional groups attached to an aromatic ring is 1. The first-order chi connectivity index (χ1) is 20.4. The van der Waals surface area contributed by atoms with Crippen molar-refractivity contribution in [3.63, 3.8) is 0 Å². The summed E-state index contributed by atoms with van der Waals surface area (Å²) in [6.45, 7) is 8.67. The van der Waals surface area contributed by atoms with Crippen LogP contribution >= 0.6 is 7.75 Å². The van der Waals surface area contributed by atoms with Crippen molar-refractivity contribution in [1.82, 2.24) is 19.7 Å². The molecule has 1 aromatic carbocycles. The predicted molar refractivity (Wildman–Crippen MR) is 161 cm³/mol. The summed E-state index contributed by atoms with van der Waals surface area (Å²) in [5, 5.41) is 17.5. The fourth-order valence-electron chi connectivity index (χ4n) is 4.30. The van der Waals surface area contributed by atoms with Crippen molar-refractivity contribution in [2.45, 2.75) is 77.9 Å². The van der Waals surface area contributed by atoms with Crippen molar-refractivity contribution in [3.8, 4) is 5.75 Å². The molecule has 2 aromatic heterocycles. The second-order valence-electron chi connectivity index (χ2n) is 10.7. The van der Waals surface area contributed by atoms with E-state index < -0.39 is 37.8 Å². The largest absolute Gasteiger partial charge is 0.464 e. The first kappa shape index (κ1) is 34.4. The third-order valence-electron chi connectivity index (χ3n) is 6.80. The SMILES string of the molecule is CCC(CC)COC(=O)[C@H](C)N[P@](=O)(OC[C@H](C[C@@H](OC(C)(C)O)c1ccc2c(N)ncnn12)OC)Oc1ccccc1.